The molecule has 194 valence electrons. The topological polar surface area (TPSA) is 94.6 Å². The van der Waals surface area contributed by atoms with E-state index in [1.807, 2.05) is 11.0 Å². The third-order valence-corrected chi connectivity index (χ3v) is 7.14. The molecule has 1 saturated heterocycles. The molecule has 1 fully saturated rings. The first-order chi connectivity index (χ1) is 17.5. The Morgan fingerprint density at radius 3 is 2.54 bits per heavy atom. The quantitative estimate of drug-likeness (QED) is 0.329. The maximum absolute atomic E-state index is 13.2. The van der Waals surface area contributed by atoms with Crippen LogP contribution in [0.25, 0.3) is 0 Å². The molecule has 0 aliphatic carbocycles. The molecule has 1 aromatic carbocycles. The number of hydrogen-bond acceptors (Lipinski definition) is 7. The van der Waals surface area contributed by atoms with E-state index >= 15 is 0 Å². The fraction of sp³-hybridized carbons (Fsp3) is 0.280. The second-order valence-electron chi connectivity index (χ2n) is 9.05. The van der Waals surface area contributed by atoms with Crippen LogP contribution in [0.3, 0.4) is 0 Å². The number of hydrogen-bond donors (Lipinski definition) is 2. The van der Waals surface area contributed by atoms with E-state index in [0.29, 0.717) is 18.1 Å². The number of para-hydroxylation sites is 1. The van der Waals surface area contributed by atoms with Crippen LogP contribution in [-0.2, 0) is 22.3 Å². The Morgan fingerprint density at radius 1 is 1.16 bits per heavy atom. The van der Waals surface area contributed by atoms with Crippen LogP contribution in [0.1, 0.15) is 25.0 Å². The summed E-state index contributed by atoms with van der Waals surface area (Å²) >= 11 is 0.871. The molecule has 0 radical (unpaired) electrons. The van der Waals surface area contributed by atoms with Crippen molar-refractivity contribution in [2.45, 2.75) is 38.1 Å². The number of alkyl halides is 3. The number of pyridine rings is 1. The molecule has 1 unspecified atom stereocenters. The molecule has 1 atom stereocenters. The molecule has 3 aromatic rings. The molecular formula is C25H24F3N5O3S. The van der Waals surface area contributed by atoms with Gasteiger partial charge in [0.2, 0.25) is 5.78 Å². The van der Waals surface area contributed by atoms with Crippen molar-refractivity contribution >= 4 is 45.9 Å². The van der Waals surface area contributed by atoms with Crippen molar-refractivity contribution < 1.29 is 27.6 Å². The van der Waals surface area contributed by atoms with Crippen LogP contribution < -0.4 is 15.5 Å². The average molecular weight is 532 g/mol. The molecule has 2 aromatic heterocycles. The van der Waals surface area contributed by atoms with E-state index in [1.54, 1.807) is 50.2 Å². The number of carbonyl (C=O) groups is 3. The minimum Gasteiger partial charge on any atom is -0.338 e. The van der Waals surface area contributed by atoms with Crippen molar-refractivity contribution in [2.75, 3.05) is 22.2 Å². The molecular weight excluding hydrogens is 507 g/mol. The molecule has 8 nitrogen and oxygen atoms in total. The number of rotatable bonds is 7. The summed E-state index contributed by atoms with van der Waals surface area (Å²) in [6.45, 7) is 3.95. The lowest BCUT2D eigenvalue weighted by molar-refractivity contribution is -0.137. The normalized spacial score (nSPS) is 17.4. The fourth-order valence-corrected chi connectivity index (χ4v) is 5.25. The zero-order valence-electron chi connectivity index (χ0n) is 20.0. The van der Waals surface area contributed by atoms with E-state index in [4.69, 9.17) is 0 Å². The Balaban J connectivity index is 1.53. The van der Waals surface area contributed by atoms with Gasteiger partial charge in [0.15, 0.2) is 6.29 Å². The number of aromatic nitrogens is 1. The van der Waals surface area contributed by atoms with Crippen LogP contribution in [0.5, 0.6) is 0 Å². The summed E-state index contributed by atoms with van der Waals surface area (Å²) in [5, 5.41) is 6.61. The van der Waals surface area contributed by atoms with Crippen LogP contribution in [0.4, 0.5) is 34.5 Å². The Labute approximate surface area is 215 Å². The van der Waals surface area contributed by atoms with Gasteiger partial charge in [0.1, 0.15) is 11.9 Å². The molecule has 1 aliphatic heterocycles. The highest BCUT2D eigenvalue weighted by atomic mass is 32.1. The number of halogens is 3. The predicted octanol–water partition coefficient (Wildman–Crippen LogP) is 5.00. The van der Waals surface area contributed by atoms with Gasteiger partial charge in [0, 0.05) is 29.3 Å². The monoisotopic (exact) mass is 531 g/mol. The number of thiophene rings is 1. The van der Waals surface area contributed by atoms with Crippen LogP contribution in [0.2, 0.25) is 0 Å². The number of urea groups is 1. The van der Waals surface area contributed by atoms with Crippen molar-refractivity contribution in [1.29, 1.82) is 0 Å². The largest absolute Gasteiger partial charge is 0.417 e. The lowest BCUT2D eigenvalue weighted by atomic mass is 9.91. The number of nitrogens with zero attached hydrogens (tertiary/aromatic N) is 3. The zero-order chi connectivity index (χ0) is 26.8. The van der Waals surface area contributed by atoms with Crippen LogP contribution >= 0.6 is 11.3 Å². The lowest BCUT2D eigenvalue weighted by Crippen LogP contribution is -2.51. The molecule has 1 aliphatic rings. The standard InChI is InChI=1S/C25H24F3N5O3S/c1-24(2)22(19(35)13-34)33(21-11-17(14-37-21)25(26,27)28)15-32(24)12-16-8-9-29-20(10-16)31-23(36)30-18-6-4-3-5-7-18/h3-11,13-14,22H,12,15H2,1-2H3,(H2,29,30,31,36). The summed E-state index contributed by atoms with van der Waals surface area (Å²) < 4.78 is 39.6. The first-order valence-corrected chi connectivity index (χ1v) is 12.1. The minimum absolute atomic E-state index is 0.120. The molecule has 0 spiro atoms. The van der Waals surface area contributed by atoms with Crippen molar-refractivity contribution in [1.82, 2.24) is 9.88 Å². The summed E-state index contributed by atoms with van der Waals surface area (Å²) in [7, 11) is 0. The summed E-state index contributed by atoms with van der Waals surface area (Å²) in [5.74, 6) is -0.419. The smallest absolute Gasteiger partial charge is 0.338 e. The van der Waals surface area contributed by atoms with Crippen LogP contribution in [-0.4, -0.2) is 46.2 Å². The maximum Gasteiger partial charge on any atom is 0.417 e. The number of ketones is 1. The number of amides is 2. The highest BCUT2D eigenvalue weighted by Crippen LogP contribution is 2.42. The third-order valence-electron chi connectivity index (χ3n) is 6.17. The summed E-state index contributed by atoms with van der Waals surface area (Å²) in [4.78, 5) is 44.0. The molecule has 37 heavy (non-hydrogen) atoms. The van der Waals surface area contributed by atoms with Gasteiger partial charge in [-0.3, -0.25) is 19.8 Å². The SMILES string of the molecule is CC1(C)C(C(=O)C=O)N(c2cc(C(F)(F)F)cs2)CN1Cc1ccnc(NC(=O)Nc2ccccc2)c1. The Kier molecular flexibility index (Phi) is 7.32. The molecule has 2 amide bonds. The molecule has 0 saturated carbocycles. The van der Waals surface area contributed by atoms with E-state index in [-0.39, 0.29) is 18.0 Å². The Bertz CT molecular complexity index is 1300. The fourth-order valence-electron chi connectivity index (χ4n) is 4.30. The lowest BCUT2D eigenvalue weighted by Gasteiger charge is -2.34. The number of aldehydes is 1. The molecule has 12 heteroatoms. The molecule has 2 N–H and O–H groups in total. The third kappa shape index (κ3) is 5.81. The second-order valence-corrected chi connectivity index (χ2v) is 9.94. The second kappa shape index (κ2) is 10.3. The number of anilines is 3. The van der Waals surface area contributed by atoms with Gasteiger partial charge in [-0.05, 0) is 49.7 Å². The van der Waals surface area contributed by atoms with Crippen molar-refractivity contribution in [3.8, 4) is 0 Å². The number of carbonyl (C=O) groups excluding carboxylic acids is 3. The van der Waals surface area contributed by atoms with Gasteiger partial charge in [0.05, 0.1) is 17.2 Å². The summed E-state index contributed by atoms with van der Waals surface area (Å²) in [6, 6.07) is 11.9. The van der Waals surface area contributed by atoms with Crippen molar-refractivity contribution in [3.63, 3.8) is 0 Å². The van der Waals surface area contributed by atoms with Gasteiger partial charge in [-0.15, -0.1) is 11.3 Å². The Hall–Kier alpha value is -3.77. The van der Waals surface area contributed by atoms with E-state index in [0.717, 1.165) is 28.3 Å². The van der Waals surface area contributed by atoms with E-state index < -0.39 is 35.1 Å². The maximum atomic E-state index is 13.2. The molecule has 0 bridgehead atoms. The molecule has 3 heterocycles. The Morgan fingerprint density at radius 2 is 1.89 bits per heavy atom. The highest BCUT2D eigenvalue weighted by Gasteiger charge is 2.50. The predicted molar refractivity (Wildman–Crippen MR) is 134 cm³/mol. The molecule has 4 rings (SSSR count). The van der Waals surface area contributed by atoms with E-state index in [2.05, 4.69) is 15.6 Å². The van der Waals surface area contributed by atoms with Crippen LogP contribution in [0, 0.1) is 0 Å². The van der Waals surface area contributed by atoms with Gasteiger partial charge < -0.3 is 10.2 Å². The first-order valence-electron chi connectivity index (χ1n) is 11.2. The number of nitrogens with one attached hydrogen (secondary N) is 2. The first kappa shape index (κ1) is 26.3. The van der Waals surface area contributed by atoms with Gasteiger partial charge in [-0.2, -0.15) is 13.2 Å². The van der Waals surface area contributed by atoms with Gasteiger partial charge >= 0.3 is 12.2 Å². The highest BCUT2D eigenvalue weighted by molar-refractivity contribution is 7.14. The van der Waals surface area contributed by atoms with Crippen molar-refractivity contribution in [2.24, 2.45) is 0 Å². The van der Waals surface area contributed by atoms with Gasteiger partial charge in [0.25, 0.3) is 0 Å². The zero-order valence-corrected chi connectivity index (χ0v) is 20.8. The average Bonchev–Trinajstić information content (AvgIpc) is 3.43. The minimum atomic E-state index is -4.51. The van der Waals surface area contributed by atoms with Gasteiger partial charge in [-0.25, -0.2) is 9.78 Å². The van der Waals surface area contributed by atoms with E-state index in [9.17, 15) is 27.6 Å². The van der Waals surface area contributed by atoms with Crippen molar-refractivity contribution in [3.05, 3.63) is 71.2 Å². The van der Waals surface area contributed by atoms with E-state index in [1.165, 1.54) is 11.1 Å². The van der Waals surface area contributed by atoms with Gasteiger partial charge in [-0.1, -0.05) is 18.2 Å². The summed E-state index contributed by atoms with van der Waals surface area (Å²) in [5.41, 5.74) is -0.329. The summed E-state index contributed by atoms with van der Waals surface area (Å²) in [6.07, 6.45) is -2.78. The van der Waals surface area contributed by atoms with Crippen LogP contribution in [0.15, 0.2) is 60.1 Å². The number of Topliss-reactive ketones (excluding diaryl/α,β-unsaturated/α-hetero) is 1. The number of benzene rings is 1.